The molecule has 0 spiro atoms. The van der Waals surface area contributed by atoms with Crippen molar-refractivity contribution in [1.82, 2.24) is 0 Å². The Morgan fingerprint density at radius 1 is 1.18 bits per heavy atom. The highest BCUT2D eigenvalue weighted by atomic mass is 35.5. The molecule has 0 aliphatic carbocycles. The number of aryl methyl sites for hydroxylation is 3. The summed E-state index contributed by atoms with van der Waals surface area (Å²) in [5, 5.41) is 0.639. The van der Waals surface area contributed by atoms with E-state index in [1.54, 1.807) is 17.4 Å². The molecule has 1 nitrogen and oxygen atoms in total. The molecule has 3 heteroatoms. The molecule has 0 bridgehead atoms. The van der Waals surface area contributed by atoms with Crippen LogP contribution in [0, 0.1) is 20.8 Å². The van der Waals surface area contributed by atoms with Crippen LogP contribution in [0.4, 0.5) is 0 Å². The first-order valence-corrected chi connectivity index (χ1v) is 6.56. The number of ketones is 1. The molecule has 0 aliphatic rings. The van der Waals surface area contributed by atoms with Gasteiger partial charge in [0, 0.05) is 25.9 Å². The number of hydrogen-bond acceptors (Lipinski definition) is 2. The standard InChI is InChI=1S/C14H13ClOS/c1-8-4-5-11(7-13(8)15)14(16)12-6-9(2)17-10(12)3/h4-7H,1-3H3. The van der Waals surface area contributed by atoms with Gasteiger partial charge in [-0.1, -0.05) is 23.7 Å². The fourth-order valence-corrected chi connectivity index (χ4v) is 2.85. The van der Waals surface area contributed by atoms with Gasteiger partial charge < -0.3 is 0 Å². The highest BCUT2D eigenvalue weighted by Gasteiger charge is 2.14. The molecule has 0 unspecified atom stereocenters. The Labute approximate surface area is 110 Å². The summed E-state index contributed by atoms with van der Waals surface area (Å²) in [6.45, 7) is 5.91. The lowest BCUT2D eigenvalue weighted by Crippen LogP contribution is -2.01. The molecule has 1 aromatic carbocycles. The highest BCUT2D eigenvalue weighted by Crippen LogP contribution is 2.25. The van der Waals surface area contributed by atoms with Crippen LogP contribution in [0.2, 0.25) is 5.02 Å². The topological polar surface area (TPSA) is 17.1 Å². The second kappa shape index (κ2) is 4.63. The van der Waals surface area contributed by atoms with Crippen molar-refractivity contribution in [3.8, 4) is 0 Å². The summed E-state index contributed by atoms with van der Waals surface area (Å²) in [6, 6.07) is 7.39. The molecule has 0 amide bonds. The van der Waals surface area contributed by atoms with Gasteiger partial charge in [0.25, 0.3) is 0 Å². The summed E-state index contributed by atoms with van der Waals surface area (Å²) >= 11 is 7.69. The molecule has 2 rings (SSSR count). The molecule has 0 fully saturated rings. The molecule has 2 aromatic rings. The smallest absolute Gasteiger partial charge is 0.194 e. The molecule has 0 atom stereocenters. The summed E-state index contributed by atoms with van der Waals surface area (Å²) in [5.41, 5.74) is 2.43. The quantitative estimate of drug-likeness (QED) is 0.727. The second-order valence-corrected chi connectivity index (χ2v) is 5.99. The fourth-order valence-electron chi connectivity index (χ4n) is 1.75. The van der Waals surface area contributed by atoms with E-state index in [1.807, 2.05) is 39.0 Å². The van der Waals surface area contributed by atoms with Crippen molar-refractivity contribution in [3.05, 3.63) is 55.7 Å². The van der Waals surface area contributed by atoms with E-state index in [0.717, 1.165) is 20.9 Å². The molecular formula is C14H13ClOS. The van der Waals surface area contributed by atoms with Crippen molar-refractivity contribution in [1.29, 1.82) is 0 Å². The highest BCUT2D eigenvalue weighted by molar-refractivity contribution is 7.12. The minimum absolute atomic E-state index is 0.0498. The predicted octanol–water partition coefficient (Wildman–Crippen LogP) is 4.56. The van der Waals surface area contributed by atoms with E-state index in [2.05, 4.69) is 0 Å². The van der Waals surface area contributed by atoms with Crippen molar-refractivity contribution in [2.45, 2.75) is 20.8 Å². The van der Waals surface area contributed by atoms with E-state index in [4.69, 9.17) is 11.6 Å². The minimum atomic E-state index is 0.0498. The lowest BCUT2D eigenvalue weighted by molar-refractivity contribution is 0.103. The molecule has 1 heterocycles. The van der Waals surface area contributed by atoms with Crippen LogP contribution in [0.5, 0.6) is 0 Å². The van der Waals surface area contributed by atoms with Crippen LogP contribution in [0.25, 0.3) is 0 Å². The Morgan fingerprint density at radius 2 is 1.88 bits per heavy atom. The zero-order chi connectivity index (χ0) is 12.6. The van der Waals surface area contributed by atoms with Gasteiger partial charge in [0.15, 0.2) is 5.78 Å². The maximum absolute atomic E-state index is 12.3. The number of carbonyl (C=O) groups excluding carboxylic acids is 1. The van der Waals surface area contributed by atoms with Gasteiger partial charge in [0.2, 0.25) is 0 Å². The zero-order valence-corrected chi connectivity index (χ0v) is 11.6. The van der Waals surface area contributed by atoms with Crippen LogP contribution in [0.3, 0.4) is 0 Å². The Balaban J connectivity index is 2.44. The molecular weight excluding hydrogens is 252 g/mol. The number of benzene rings is 1. The Morgan fingerprint density at radius 3 is 2.41 bits per heavy atom. The summed E-state index contributed by atoms with van der Waals surface area (Å²) < 4.78 is 0. The van der Waals surface area contributed by atoms with Crippen molar-refractivity contribution >= 4 is 28.7 Å². The van der Waals surface area contributed by atoms with E-state index in [0.29, 0.717) is 10.6 Å². The van der Waals surface area contributed by atoms with Gasteiger partial charge in [0.05, 0.1) is 0 Å². The van der Waals surface area contributed by atoms with Gasteiger partial charge in [-0.2, -0.15) is 0 Å². The molecule has 0 radical (unpaired) electrons. The fraction of sp³-hybridized carbons (Fsp3) is 0.214. The van der Waals surface area contributed by atoms with Crippen molar-refractivity contribution in [3.63, 3.8) is 0 Å². The Hall–Kier alpha value is -1.12. The van der Waals surface area contributed by atoms with Gasteiger partial charge >= 0.3 is 0 Å². The van der Waals surface area contributed by atoms with Crippen LogP contribution >= 0.6 is 22.9 Å². The van der Waals surface area contributed by atoms with Gasteiger partial charge in [-0.15, -0.1) is 11.3 Å². The SMILES string of the molecule is Cc1cc(C(=O)c2ccc(C)c(Cl)c2)c(C)s1. The molecule has 0 aliphatic heterocycles. The van der Waals surface area contributed by atoms with E-state index < -0.39 is 0 Å². The zero-order valence-electron chi connectivity index (χ0n) is 10.0. The van der Waals surface area contributed by atoms with Crippen LogP contribution in [-0.4, -0.2) is 5.78 Å². The average Bonchev–Trinajstić information content (AvgIpc) is 2.61. The summed E-state index contributed by atoms with van der Waals surface area (Å²) in [5.74, 6) is 0.0498. The molecule has 0 saturated carbocycles. The Kier molecular flexibility index (Phi) is 3.36. The summed E-state index contributed by atoms with van der Waals surface area (Å²) in [7, 11) is 0. The normalized spacial score (nSPS) is 10.6. The maximum Gasteiger partial charge on any atom is 0.194 e. The second-order valence-electron chi connectivity index (χ2n) is 4.12. The third-order valence-electron chi connectivity index (χ3n) is 2.72. The van der Waals surface area contributed by atoms with Gasteiger partial charge in [-0.3, -0.25) is 4.79 Å². The predicted molar refractivity (Wildman–Crippen MR) is 73.4 cm³/mol. The van der Waals surface area contributed by atoms with Crippen LogP contribution in [0.1, 0.15) is 31.2 Å². The number of rotatable bonds is 2. The first-order chi connectivity index (χ1) is 7.99. The lowest BCUT2D eigenvalue weighted by atomic mass is 10.0. The largest absolute Gasteiger partial charge is 0.289 e. The monoisotopic (exact) mass is 264 g/mol. The number of carbonyl (C=O) groups is 1. The van der Waals surface area contributed by atoms with Crippen molar-refractivity contribution in [2.75, 3.05) is 0 Å². The molecule has 0 saturated heterocycles. The Bertz CT molecular complexity index is 584. The van der Waals surface area contributed by atoms with Crippen LogP contribution in [-0.2, 0) is 0 Å². The van der Waals surface area contributed by atoms with E-state index >= 15 is 0 Å². The number of hydrogen-bond donors (Lipinski definition) is 0. The minimum Gasteiger partial charge on any atom is -0.289 e. The first-order valence-electron chi connectivity index (χ1n) is 5.37. The van der Waals surface area contributed by atoms with Crippen molar-refractivity contribution < 1.29 is 4.79 Å². The van der Waals surface area contributed by atoms with E-state index in [-0.39, 0.29) is 5.78 Å². The molecule has 1 aromatic heterocycles. The number of thiophene rings is 1. The van der Waals surface area contributed by atoms with Crippen molar-refractivity contribution in [2.24, 2.45) is 0 Å². The summed E-state index contributed by atoms with van der Waals surface area (Å²) in [6.07, 6.45) is 0. The third kappa shape index (κ3) is 2.43. The van der Waals surface area contributed by atoms with Crippen LogP contribution in [0.15, 0.2) is 24.3 Å². The van der Waals surface area contributed by atoms with Gasteiger partial charge in [-0.25, -0.2) is 0 Å². The lowest BCUT2D eigenvalue weighted by Gasteiger charge is -2.03. The molecule has 0 N–H and O–H groups in total. The van der Waals surface area contributed by atoms with Crippen LogP contribution < -0.4 is 0 Å². The molecule has 17 heavy (non-hydrogen) atoms. The summed E-state index contributed by atoms with van der Waals surface area (Å²) in [4.78, 5) is 14.5. The van der Waals surface area contributed by atoms with E-state index in [9.17, 15) is 4.79 Å². The third-order valence-corrected chi connectivity index (χ3v) is 4.09. The van der Waals surface area contributed by atoms with Gasteiger partial charge in [0.1, 0.15) is 0 Å². The van der Waals surface area contributed by atoms with Gasteiger partial charge in [-0.05, 0) is 38.5 Å². The maximum atomic E-state index is 12.3. The molecule has 88 valence electrons. The first kappa shape index (κ1) is 12.3. The average molecular weight is 265 g/mol. The van der Waals surface area contributed by atoms with E-state index in [1.165, 1.54) is 0 Å². The number of halogens is 1.